The molecule has 1 N–H and O–H groups in total. The summed E-state index contributed by atoms with van der Waals surface area (Å²) in [4.78, 5) is 15.1. The molecular formula is C12H7F3N2O. The number of hydrogen-bond acceptors (Lipinski definition) is 2. The summed E-state index contributed by atoms with van der Waals surface area (Å²) in [6, 6.07) is 4.46. The third kappa shape index (κ3) is 2.32. The van der Waals surface area contributed by atoms with E-state index in [4.69, 9.17) is 0 Å². The normalized spacial score (nSPS) is 10.2. The number of carbonyl (C=O) groups excluding carboxylic acids is 1. The van der Waals surface area contributed by atoms with Crippen LogP contribution in [-0.2, 0) is 0 Å². The number of anilines is 1. The number of benzene rings is 1. The highest BCUT2D eigenvalue weighted by atomic mass is 19.2. The Morgan fingerprint density at radius 1 is 1.11 bits per heavy atom. The molecule has 6 heteroatoms. The van der Waals surface area contributed by atoms with Crippen molar-refractivity contribution in [2.24, 2.45) is 0 Å². The summed E-state index contributed by atoms with van der Waals surface area (Å²) in [6.07, 6.45) is 2.08. The van der Waals surface area contributed by atoms with Crippen molar-refractivity contribution < 1.29 is 18.0 Å². The Balaban J connectivity index is 2.27. The molecule has 2 rings (SSSR count). The number of hydrogen-bond donors (Lipinski definition) is 1. The van der Waals surface area contributed by atoms with Gasteiger partial charge in [-0.15, -0.1) is 0 Å². The standard InChI is InChI=1S/C12H7F3N2O/c13-8-2-1-3-10(11(8)15)17-12(18)7-4-5-16-6-9(7)14/h1-6H,(H,17,18). The minimum atomic E-state index is -1.19. The first-order valence-corrected chi connectivity index (χ1v) is 4.94. The molecule has 0 radical (unpaired) electrons. The zero-order valence-electron chi connectivity index (χ0n) is 8.95. The minimum absolute atomic E-state index is 0.298. The fourth-order valence-corrected chi connectivity index (χ4v) is 1.35. The molecule has 1 amide bonds. The van der Waals surface area contributed by atoms with Crippen LogP contribution in [0.25, 0.3) is 0 Å². The van der Waals surface area contributed by atoms with E-state index in [1.54, 1.807) is 0 Å². The number of aromatic nitrogens is 1. The second-order valence-corrected chi connectivity index (χ2v) is 3.41. The van der Waals surface area contributed by atoms with E-state index in [0.29, 0.717) is 0 Å². The molecular weight excluding hydrogens is 245 g/mol. The molecule has 0 saturated carbocycles. The van der Waals surface area contributed by atoms with E-state index < -0.39 is 23.4 Å². The van der Waals surface area contributed by atoms with Gasteiger partial charge in [0.05, 0.1) is 17.4 Å². The van der Waals surface area contributed by atoms with Crippen molar-refractivity contribution in [3.8, 4) is 0 Å². The van der Waals surface area contributed by atoms with Gasteiger partial charge in [-0.05, 0) is 18.2 Å². The average molecular weight is 252 g/mol. The second-order valence-electron chi connectivity index (χ2n) is 3.41. The Bertz CT molecular complexity index is 602. The molecule has 0 spiro atoms. The van der Waals surface area contributed by atoms with Crippen molar-refractivity contribution in [2.45, 2.75) is 0 Å². The predicted molar refractivity (Wildman–Crippen MR) is 58.5 cm³/mol. The van der Waals surface area contributed by atoms with E-state index in [1.165, 1.54) is 18.3 Å². The summed E-state index contributed by atoms with van der Waals surface area (Å²) < 4.78 is 39.4. The van der Waals surface area contributed by atoms with Gasteiger partial charge in [-0.3, -0.25) is 9.78 Å². The third-order valence-corrected chi connectivity index (χ3v) is 2.22. The van der Waals surface area contributed by atoms with Gasteiger partial charge in [0.1, 0.15) is 0 Å². The number of nitrogens with one attached hydrogen (secondary N) is 1. The lowest BCUT2D eigenvalue weighted by Crippen LogP contribution is -2.15. The molecule has 0 atom stereocenters. The maximum atomic E-state index is 13.3. The number of pyridine rings is 1. The van der Waals surface area contributed by atoms with E-state index >= 15 is 0 Å². The van der Waals surface area contributed by atoms with Crippen LogP contribution in [0, 0.1) is 17.5 Å². The molecule has 0 bridgehead atoms. The number of nitrogens with zero attached hydrogens (tertiary/aromatic N) is 1. The first-order chi connectivity index (χ1) is 8.59. The van der Waals surface area contributed by atoms with Gasteiger partial charge in [0.25, 0.3) is 5.91 Å². The highest BCUT2D eigenvalue weighted by Gasteiger charge is 2.14. The molecule has 0 aliphatic heterocycles. The van der Waals surface area contributed by atoms with Crippen LogP contribution in [0.3, 0.4) is 0 Å². The lowest BCUT2D eigenvalue weighted by molar-refractivity contribution is 0.102. The first kappa shape index (κ1) is 12.1. The molecule has 1 aromatic carbocycles. The summed E-state index contributed by atoms with van der Waals surface area (Å²) in [7, 11) is 0. The Kier molecular flexibility index (Phi) is 3.27. The monoisotopic (exact) mass is 252 g/mol. The van der Waals surface area contributed by atoms with Crippen LogP contribution >= 0.6 is 0 Å². The fraction of sp³-hybridized carbons (Fsp3) is 0. The molecule has 0 aliphatic rings. The van der Waals surface area contributed by atoms with E-state index in [2.05, 4.69) is 10.3 Å². The van der Waals surface area contributed by atoms with Gasteiger partial charge in [-0.1, -0.05) is 6.07 Å². The molecule has 92 valence electrons. The molecule has 0 fully saturated rings. The summed E-state index contributed by atoms with van der Waals surface area (Å²) in [5.74, 6) is -4.01. The lowest BCUT2D eigenvalue weighted by atomic mass is 10.2. The van der Waals surface area contributed by atoms with Gasteiger partial charge < -0.3 is 5.32 Å². The van der Waals surface area contributed by atoms with Crippen LogP contribution in [0.2, 0.25) is 0 Å². The Morgan fingerprint density at radius 2 is 1.89 bits per heavy atom. The number of amides is 1. The molecule has 0 unspecified atom stereocenters. The second kappa shape index (κ2) is 4.87. The largest absolute Gasteiger partial charge is 0.319 e. The lowest BCUT2D eigenvalue weighted by Gasteiger charge is -2.07. The zero-order valence-corrected chi connectivity index (χ0v) is 8.95. The maximum absolute atomic E-state index is 13.3. The highest BCUT2D eigenvalue weighted by Crippen LogP contribution is 2.17. The summed E-state index contributed by atoms with van der Waals surface area (Å²) in [6.45, 7) is 0. The predicted octanol–water partition coefficient (Wildman–Crippen LogP) is 2.75. The smallest absolute Gasteiger partial charge is 0.258 e. The molecule has 1 aromatic heterocycles. The van der Waals surface area contributed by atoms with Crippen LogP contribution in [0.15, 0.2) is 36.7 Å². The van der Waals surface area contributed by atoms with Crippen LogP contribution in [0.1, 0.15) is 10.4 Å². The zero-order chi connectivity index (χ0) is 13.1. The molecule has 0 aliphatic carbocycles. The number of halogens is 3. The van der Waals surface area contributed by atoms with Crippen molar-refractivity contribution in [1.82, 2.24) is 4.98 Å². The van der Waals surface area contributed by atoms with Crippen LogP contribution in [-0.4, -0.2) is 10.9 Å². The molecule has 0 saturated heterocycles. The summed E-state index contributed by atoms with van der Waals surface area (Å²) >= 11 is 0. The van der Waals surface area contributed by atoms with Gasteiger partial charge in [0.2, 0.25) is 0 Å². The Morgan fingerprint density at radius 3 is 2.61 bits per heavy atom. The Hall–Kier alpha value is -2.37. The molecule has 18 heavy (non-hydrogen) atoms. The topological polar surface area (TPSA) is 42.0 Å². The first-order valence-electron chi connectivity index (χ1n) is 4.94. The van der Waals surface area contributed by atoms with Gasteiger partial charge in [-0.2, -0.15) is 0 Å². The molecule has 2 aromatic rings. The SMILES string of the molecule is O=C(Nc1cccc(F)c1F)c1ccncc1F. The van der Waals surface area contributed by atoms with Crippen molar-refractivity contribution in [2.75, 3.05) is 5.32 Å². The third-order valence-electron chi connectivity index (χ3n) is 2.22. The fourth-order valence-electron chi connectivity index (χ4n) is 1.35. The molecule has 1 heterocycles. The Labute approximate surface area is 100 Å². The van der Waals surface area contributed by atoms with Crippen molar-refractivity contribution in [3.05, 3.63) is 59.7 Å². The number of carbonyl (C=O) groups is 1. The summed E-state index contributed by atoms with van der Waals surface area (Å²) in [5.41, 5.74) is -0.648. The van der Waals surface area contributed by atoms with E-state index in [9.17, 15) is 18.0 Å². The molecule has 3 nitrogen and oxygen atoms in total. The summed E-state index contributed by atoms with van der Waals surface area (Å²) in [5, 5.41) is 2.09. The van der Waals surface area contributed by atoms with E-state index in [1.807, 2.05) is 0 Å². The van der Waals surface area contributed by atoms with Gasteiger partial charge in [-0.25, -0.2) is 13.2 Å². The van der Waals surface area contributed by atoms with Crippen molar-refractivity contribution >= 4 is 11.6 Å². The highest BCUT2D eigenvalue weighted by molar-refractivity contribution is 6.04. The van der Waals surface area contributed by atoms with Gasteiger partial charge in [0, 0.05) is 6.20 Å². The van der Waals surface area contributed by atoms with E-state index in [-0.39, 0.29) is 11.3 Å². The van der Waals surface area contributed by atoms with Crippen molar-refractivity contribution in [1.29, 1.82) is 0 Å². The maximum Gasteiger partial charge on any atom is 0.258 e. The quantitative estimate of drug-likeness (QED) is 0.892. The minimum Gasteiger partial charge on any atom is -0.319 e. The number of rotatable bonds is 2. The van der Waals surface area contributed by atoms with Crippen LogP contribution < -0.4 is 5.32 Å². The van der Waals surface area contributed by atoms with Gasteiger partial charge >= 0.3 is 0 Å². The van der Waals surface area contributed by atoms with Crippen LogP contribution in [0.4, 0.5) is 18.9 Å². The average Bonchev–Trinajstić information content (AvgIpc) is 2.35. The van der Waals surface area contributed by atoms with Crippen LogP contribution in [0.5, 0.6) is 0 Å². The van der Waals surface area contributed by atoms with E-state index in [0.717, 1.165) is 18.3 Å². The van der Waals surface area contributed by atoms with Crippen molar-refractivity contribution in [3.63, 3.8) is 0 Å². The van der Waals surface area contributed by atoms with Gasteiger partial charge in [0.15, 0.2) is 17.5 Å².